The number of aliphatic hydroxyl groups excluding tert-OH is 1. The highest BCUT2D eigenvalue weighted by atomic mass is 32.2. The summed E-state index contributed by atoms with van der Waals surface area (Å²) in [6.07, 6.45) is 1.96. The van der Waals surface area contributed by atoms with Gasteiger partial charge in [0.05, 0.1) is 15.9 Å². The quantitative estimate of drug-likeness (QED) is 0.604. The summed E-state index contributed by atoms with van der Waals surface area (Å²) in [6.45, 7) is -0.219. The molecule has 1 heterocycles. The van der Waals surface area contributed by atoms with Gasteiger partial charge in [0.2, 0.25) is 10.0 Å². The number of hydrogen-bond donors (Lipinski definition) is 2. The van der Waals surface area contributed by atoms with E-state index >= 15 is 0 Å². The van der Waals surface area contributed by atoms with Crippen molar-refractivity contribution < 1.29 is 18.4 Å². The van der Waals surface area contributed by atoms with Crippen LogP contribution in [0.5, 0.6) is 0 Å². The van der Waals surface area contributed by atoms with Crippen molar-refractivity contribution in [3.05, 3.63) is 64.5 Å². The van der Waals surface area contributed by atoms with Gasteiger partial charge in [0.25, 0.3) is 5.69 Å². The first-order valence-electron chi connectivity index (χ1n) is 6.22. The standard InChI is InChI=1S/C13H13N3O5S/c17-13(10-5-7-14-8-6-10)9-15-22(20,21)12-3-1-11(2-4-12)16(18)19/h1-8,13,15,17H,9H2. The van der Waals surface area contributed by atoms with Gasteiger partial charge in [-0.25, -0.2) is 13.1 Å². The number of nitro benzene ring substituents is 1. The van der Waals surface area contributed by atoms with Crippen LogP contribution in [0.4, 0.5) is 5.69 Å². The van der Waals surface area contributed by atoms with Crippen LogP contribution in [0.2, 0.25) is 0 Å². The zero-order valence-corrected chi connectivity index (χ0v) is 12.1. The van der Waals surface area contributed by atoms with Crippen LogP contribution in [0.1, 0.15) is 11.7 Å². The van der Waals surface area contributed by atoms with E-state index in [2.05, 4.69) is 9.71 Å². The Labute approximate surface area is 126 Å². The largest absolute Gasteiger partial charge is 0.387 e. The molecule has 0 amide bonds. The monoisotopic (exact) mass is 323 g/mol. The zero-order valence-electron chi connectivity index (χ0n) is 11.3. The Morgan fingerprint density at radius 2 is 1.77 bits per heavy atom. The van der Waals surface area contributed by atoms with Gasteiger partial charge in [0, 0.05) is 31.1 Å². The first-order chi connectivity index (χ1) is 10.4. The first-order valence-corrected chi connectivity index (χ1v) is 7.70. The maximum absolute atomic E-state index is 12.0. The van der Waals surface area contributed by atoms with E-state index in [1.807, 2.05) is 0 Å². The third-order valence-electron chi connectivity index (χ3n) is 2.92. The Morgan fingerprint density at radius 3 is 2.32 bits per heavy atom. The van der Waals surface area contributed by atoms with E-state index in [-0.39, 0.29) is 17.1 Å². The summed E-state index contributed by atoms with van der Waals surface area (Å²) in [6, 6.07) is 7.63. The fourth-order valence-corrected chi connectivity index (χ4v) is 2.76. The Morgan fingerprint density at radius 1 is 1.18 bits per heavy atom. The van der Waals surface area contributed by atoms with Crippen LogP contribution in [0.25, 0.3) is 0 Å². The number of non-ortho nitro benzene ring substituents is 1. The predicted molar refractivity (Wildman–Crippen MR) is 77.5 cm³/mol. The van der Waals surface area contributed by atoms with E-state index in [0.717, 1.165) is 24.3 Å². The smallest absolute Gasteiger partial charge is 0.269 e. The molecule has 0 fully saturated rings. The number of hydrogen-bond acceptors (Lipinski definition) is 6. The lowest BCUT2D eigenvalue weighted by Crippen LogP contribution is -2.28. The fourth-order valence-electron chi connectivity index (χ4n) is 1.72. The zero-order chi connectivity index (χ0) is 16.2. The number of nitro groups is 1. The van der Waals surface area contributed by atoms with Crippen LogP contribution in [0, 0.1) is 10.1 Å². The molecule has 0 aliphatic heterocycles. The number of aromatic nitrogens is 1. The Balaban J connectivity index is 2.06. The second kappa shape index (κ2) is 6.60. The number of pyridine rings is 1. The number of sulfonamides is 1. The van der Waals surface area contributed by atoms with Gasteiger partial charge in [-0.3, -0.25) is 15.1 Å². The van der Waals surface area contributed by atoms with Crippen molar-refractivity contribution in [2.45, 2.75) is 11.0 Å². The number of nitrogens with zero attached hydrogens (tertiary/aromatic N) is 2. The molecule has 2 aromatic rings. The van der Waals surface area contributed by atoms with Crippen LogP contribution in [-0.4, -0.2) is 30.0 Å². The van der Waals surface area contributed by atoms with Crippen molar-refractivity contribution in [2.24, 2.45) is 0 Å². The Hall–Kier alpha value is -2.36. The fraction of sp³-hybridized carbons (Fsp3) is 0.154. The number of rotatable bonds is 6. The third kappa shape index (κ3) is 3.85. The van der Waals surface area contributed by atoms with Crippen molar-refractivity contribution in [3.63, 3.8) is 0 Å². The molecule has 1 aromatic heterocycles. The van der Waals surface area contributed by atoms with Crippen molar-refractivity contribution in [3.8, 4) is 0 Å². The molecule has 9 heteroatoms. The molecule has 0 aliphatic carbocycles. The van der Waals surface area contributed by atoms with E-state index in [4.69, 9.17) is 0 Å². The number of aliphatic hydroxyl groups is 1. The third-order valence-corrected chi connectivity index (χ3v) is 4.35. The van der Waals surface area contributed by atoms with Crippen LogP contribution in [-0.2, 0) is 10.0 Å². The molecule has 0 aliphatic rings. The van der Waals surface area contributed by atoms with Gasteiger partial charge in [0.1, 0.15) is 0 Å². The predicted octanol–water partition coefficient (Wildman–Crippen LogP) is 1.00. The molecule has 0 spiro atoms. The van der Waals surface area contributed by atoms with Crippen molar-refractivity contribution in [1.82, 2.24) is 9.71 Å². The van der Waals surface area contributed by atoms with Crippen LogP contribution in [0.15, 0.2) is 53.7 Å². The molecule has 2 rings (SSSR count). The summed E-state index contributed by atoms with van der Waals surface area (Å²) < 4.78 is 26.3. The van der Waals surface area contributed by atoms with Crippen LogP contribution in [0.3, 0.4) is 0 Å². The first kappa shape index (κ1) is 16.0. The molecular formula is C13H13N3O5S. The molecule has 0 saturated heterocycles. The summed E-state index contributed by atoms with van der Waals surface area (Å²) in [7, 11) is -3.85. The molecule has 1 atom stereocenters. The van der Waals surface area contributed by atoms with Gasteiger partial charge in [-0.1, -0.05) is 0 Å². The maximum Gasteiger partial charge on any atom is 0.269 e. The molecule has 0 radical (unpaired) electrons. The van der Waals surface area contributed by atoms with E-state index in [9.17, 15) is 23.6 Å². The molecule has 2 N–H and O–H groups in total. The maximum atomic E-state index is 12.0. The number of benzene rings is 1. The van der Waals surface area contributed by atoms with E-state index in [0.29, 0.717) is 5.56 Å². The van der Waals surface area contributed by atoms with E-state index in [1.165, 1.54) is 12.4 Å². The Bertz CT molecular complexity index is 747. The molecule has 8 nitrogen and oxygen atoms in total. The van der Waals surface area contributed by atoms with Gasteiger partial charge in [-0.05, 0) is 29.8 Å². The van der Waals surface area contributed by atoms with E-state index in [1.54, 1.807) is 12.1 Å². The average molecular weight is 323 g/mol. The summed E-state index contributed by atoms with van der Waals surface area (Å²) in [5, 5.41) is 20.4. The molecular weight excluding hydrogens is 310 g/mol. The lowest BCUT2D eigenvalue weighted by molar-refractivity contribution is -0.384. The average Bonchev–Trinajstić information content (AvgIpc) is 2.53. The highest BCUT2D eigenvalue weighted by molar-refractivity contribution is 7.89. The van der Waals surface area contributed by atoms with Gasteiger partial charge in [-0.2, -0.15) is 0 Å². The SMILES string of the molecule is O=[N+]([O-])c1ccc(S(=O)(=O)NCC(O)c2ccncc2)cc1. The highest BCUT2D eigenvalue weighted by Gasteiger charge is 2.17. The molecule has 0 saturated carbocycles. The number of nitrogens with one attached hydrogen (secondary N) is 1. The summed E-state index contributed by atoms with van der Waals surface area (Å²) in [5.74, 6) is 0. The van der Waals surface area contributed by atoms with Gasteiger partial charge in [-0.15, -0.1) is 0 Å². The summed E-state index contributed by atoms with van der Waals surface area (Å²) in [5.41, 5.74) is 0.331. The normalized spacial score (nSPS) is 12.8. The second-order valence-electron chi connectivity index (χ2n) is 4.40. The Kier molecular flexibility index (Phi) is 4.81. The molecule has 116 valence electrons. The molecule has 0 bridgehead atoms. The minimum atomic E-state index is -3.85. The van der Waals surface area contributed by atoms with Gasteiger partial charge in [0.15, 0.2) is 0 Å². The lowest BCUT2D eigenvalue weighted by Gasteiger charge is -2.12. The van der Waals surface area contributed by atoms with Crippen LogP contribution >= 0.6 is 0 Å². The topological polar surface area (TPSA) is 122 Å². The van der Waals surface area contributed by atoms with Crippen molar-refractivity contribution >= 4 is 15.7 Å². The minimum absolute atomic E-state index is 0.111. The second-order valence-corrected chi connectivity index (χ2v) is 6.17. The van der Waals surface area contributed by atoms with Gasteiger partial charge < -0.3 is 5.11 Å². The van der Waals surface area contributed by atoms with E-state index < -0.39 is 21.1 Å². The molecule has 1 unspecified atom stereocenters. The van der Waals surface area contributed by atoms with Crippen molar-refractivity contribution in [1.29, 1.82) is 0 Å². The minimum Gasteiger partial charge on any atom is -0.387 e. The highest BCUT2D eigenvalue weighted by Crippen LogP contribution is 2.16. The molecule has 1 aromatic carbocycles. The molecule has 22 heavy (non-hydrogen) atoms. The van der Waals surface area contributed by atoms with Crippen LogP contribution < -0.4 is 4.72 Å². The summed E-state index contributed by atoms with van der Waals surface area (Å²) >= 11 is 0. The lowest BCUT2D eigenvalue weighted by atomic mass is 10.1. The van der Waals surface area contributed by atoms with Gasteiger partial charge >= 0.3 is 0 Å². The van der Waals surface area contributed by atoms with Crippen molar-refractivity contribution in [2.75, 3.05) is 6.54 Å². The summed E-state index contributed by atoms with van der Waals surface area (Å²) in [4.78, 5) is 13.6.